The van der Waals surface area contributed by atoms with Crippen molar-refractivity contribution in [2.45, 2.75) is 44.9 Å². The van der Waals surface area contributed by atoms with Crippen LogP contribution in [0.15, 0.2) is 29.3 Å². The summed E-state index contributed by atoms with van der Waals surface area (Å²) in [6.45, 7) is 8.67. The van der Waals surface area contributed by atoms with E-state index in [4.69, 9.17) is 9.47 Å². The van der Waals surface area contributed by atoms with E-state index >= 15 is 0 Å². The number of hydrogen-bond donors (Lipinski definition) is 2. The molecule has 0 saturated carbocycles. The molecule has 2 aliphatic heterocycles. The minimum Gasteiger partial charge on any atom is -0.489 e. The van der Waals surface area contributed by atoms with Crippen LogP contribution in [-0.2, 0) is 4.74 Å². The van der Waals surface area contributed by atoms with Gasteiger partial charge in [0.05, 0.1) is 19.3 Å². The summed E-state index contributed by atoms with van der Waals surface area (Å²) >= 11 is 0. The van der Waals surface area contributed by atoms with Gasteiger partial charge in [-0.25, -0.2) is 0 Å². The molecule has 0 aliphatic carbocycles. The van der Waals surface area contributed by atoms with Gasteiger partial charge in [0, 0.05) is 26.2 Å². The number of aryl methyl sites for hydroxylation is 1. The second kappa shape index (κ2) is 9.24. The fourth-order valence-electron chi connectivity index (χ4n) is 3.63. The lowest BCUT2D eigenvalue weighted by Gasteiger charge is -2.35. The number of rotatable bonds is 6. The second-order valence-corrected chi connectivity index (χ2v) is 7.27. The Morgan fingerprint density at radius 1 is 1.38 bits per heavy atom. The van der Waals surface area contributed by atoms with Gasteiger partial charge in [0.1, 0.15) is 11.9 Å². The molecule has 2 fully saturated rings. The smallest absolute Gasteiger partial charge is 0.191 e. The molecule has 3 rings (SSSR count). The van der Waals surface area contributed by atoms with Gasteiger partial charge in [-0.2, -0.15) is 0 Å². The molecule has 0 spiro atoms. The van der Waals surface area contributed by atoms with Crippen LogP contribution in [0.1, 0.15) is 25.3 Å². The summed E-state index contributed by atoms with van der Waals surface area (Å²) in [5.74, 6) is 1.72. The van der Waals surface area contributed by atoms with Crippen LogP contribution in [0.5, 0.6) is 5.75 Å². The second-order valence-electron chi connectivity index (χ2n) is 7.27. The van der Waals surface area contributed by atoms with E-state index in [0.29, 0.717) is 12.6 Å². The molecule has 0 aromatic heterocycles. The maximum atomic E-state index is 6.01. The van der Waals surface area contributed by atoms with Gasteiger partial charge in [-0.15, -0.1) is 0 Å². The highest BCUT2D eigenvalue weighted by molar-refractivity contribution is 5.79. The summed E-state index contributed by atoms with van der Waals surface area (Å²) in [5.41, 5.74) is 1.15. The number of nitrogens with one attached hydrogen (secondary N) is 2. The van der Waals surface area contributed by atoms with Gasteiger partial charge >= 0.3 is 0 Å². The highest BCUT2D eigenvalue weighted by atomic mass is 16.5. The number of aliphatic imine (C=N–C) groups is 1. The Kier molecular flexibility index (Phi) is 6.74. The van der Waals surface area contributed by atoms with Gasteiger partial charge in [-0.3, -0.25) is 9.89 Å². The van der Waals surface area contributed by atoms with Gasteiger partial charge < -0.3 is 20.1 Å². The van der Waals surface area contributed by atoms with Crippen LogP contribution in [-0.4, -0.2) is 68.9 Å². The van der Waals surface area contributed by atoms with Crippen molar-refractivity contribution < 1.29 is 9.47 Å². The average Bonchev–Trinajstić information content (AvgIpc) is 3.11. The molecule has 6 heteroatoms. The Bertz CT molecular complexity index is 607. The van der Waals surface area contributed by atoms with Gasteiger partial charge in [0.25, 0.3) is 0 Å². The minimum atomic E-state index is 0.0472. The highest BCUT2D eigenvalue weighted by Gasteiger charge is 2.32. The first-order valence-corrected chi connectivity index (χ1v) is 9.68. The molecule has 6 nitrogen and oxygen atoms in total. The van der Waals surface area contributed by atoms with Crippen molar-refractivity contribution in [1.29, 1.82) is 0 Å². The molecule has 144 valence electrons. The molecule has 26 heavy (non-hydrogen) atoms. The summed E-state index contributed by atoms with van der Waals surface area (Å²) in [7, 11) is 1.79. The number of benzene rings is 1. The van der Waals surface area contributed by atoms with Crippen LogP contribution in [0.3, 0.4) is 0 Å². The van der Waals surface area contributed by atoms with E-state index in [1.165, 1.54) is 19.4 Å². The lowest BCUT2D eigenvalue weighted by molar-refractivity contribution is -0.0453. The predicted octanol–water partition coefficient (Wildman–Crippen LogP) is 1.79. The fraction of sp³-hybridized carbons (Fsp3) is 0.650. The first-order valence-electron chi connectivity index (χ1n) is 9.68. The van der Waals surface area contributed by atoms with E-state index in [9.17, 15) is 0 Å². The first-order chi connectivity index (χ1) is 12.7. The minimum absolute atomic E-state index is 0.0472. The fourth-order valence-corrected chi connectivity index (χ4v) is 3.63. The third-order valence-corrected chi connectivity index (χ3v) is 5.16. The third-order valence-electron chi connectivity index (χ3n) is 5.16. The summed E-state index contributed by atoms with van der Waals surface area (Å²) < 4.78 is 12.0. The standard InChI is InChI=1S/C20H32N4O2/c1-15-7-4-5-9-19(15)26-16(2)11-22-20(21-3)23-12-18-13-24-10-6-8-17(24)14-25-18/h4-5,7,9,16-18H,6,8,10-14H2,1-3H3,(H2,21,22,23). The number of guanidine groups is 1. The number of fused-ring (bicyclic) bond motifs is 1. The van der Waals surface area contributed by atoms with Crippen LogP contribution in [0.2, 0.25) is 0 Å². The summed E-state index contributed by atoms with van der Waals surface area (Å²) in [6, 6.07) is 8.73. The molecule has 1 aromatic carbocycles. The molecular formula is C20H32N4O2. The van der Waals surface area contributed by atoms with Crippen molar-refractivity contribution in [1.82, 2.24) is 15.5 Å². The van der Waals surface area contributed by atoms with Gasteiger partial charge in [0.15, 0.2) is 5.96 Å². The van der Waals surface area contributed by atoms with Crippen molar-refractivity contribution in [3.05, 3.63) is 29.8 Å². The zero-order valence-electron chi connectivity index (χ0n) is 16.2. The molecule has 0 radical (unpaired) electrons. The molecule has 2 N–H and O–H groups in total. The maximum absolute atomic E-state index is 6.01. The van der Waals surface area contributed by atoms with E-state index in [-0.39, 0.29) is 12.2 Å². The summed E-state index contributed by atoms with van der Waals surface area (Å²) in [6.07, 6.45) is 2.85. The Balaban J connectivity index is 1.38. The zero-order valence-corrected chi connectivity index (χ0v) is 16.2. The Morgan fingerprint density at radius 3 is 3.04 bits per heavy atom. The third kappa shape index (κ3) is 5.11. The van der Waals surface area contributed by atoms with Gasteiger partial charge in [0.2, 0.25) is 0 Å². The van der Waals surface area contributed by atoms with E-state index in [2.05, 4.69) is 40.4 Å². The number of para-hydroxylation sites is 1. The lowest BCUT2D eigenvalue weighted by atomic mass is 10.2. The molecule has 1 aromatic rings. The highest BCUT2D eigenvalue weighted by Crippen LogP contribution is 2.22. The Hall–Kier alpha value is -1.79. The van der Waals surface area contributed by atoms with E-state index in [1.807, 2.05) is 18.2 Å². The molecule has 3 unspecified atom stereocenters. The van der Waals surface area contributed by atoms with Crippen LogP contribution in [0.4, 0.5) is 0 Å². The van der Waals surface area contributed by atoms with Crippen LogP contribution >= 0.6 is 0 Å². The predicted molar refractivity (Wildman–Crippen MR) is 105 cm³/mol. The molecular weight excluding hydrogens is 328 g/mol. The Morgan fingerprint density at radius 2 is 2.23 bits per heavy atom. The number of morpholine rings is 1. The maximum Gasteiger partial charge on any atom is 0.191 e. The largest absolute Gasteiger partial charge is 0.489 e. The van der Waals surface area contributed by atoms with Crippen molar-refractivity contribution >= 4 is 5.96 Å². The van der Waals surface area contributed by atoms with Crippen molar-refractivity contribution in [2.75, 3.05) is 39.8 Å². The molecule has 2 saturated heterocycles. The van der Waals surface area contributed by atoms with Crippen molar-refractivity contribution in [2.24, 2.45) is 4.99 Å². The number of ether oxygens (including phenoxy) is 2. The first kappa shape index (κ1) is 19.0. The summed E-state index contributed by atoms with van der Waals surface area (Å²) in [4.78, 5) is 6.86. The van der Waals surface area contributed by atoms with E-state index in [0.717, 1.165) is 37.0 Å². The van der Waals surface area contributed by atoms with Crippen LogP contribution < -0.4 is 15.4 Å². The molecule has 3 atom stereocenters. The molecule has 0 amide bonds. The summed E-state index contributed by atoms with van der Waals surface area (Å²) in [5, 5.41) is 6.72. The van der Waals surface area contributed by atoms with E-state index in [1.54, 1.807) is 7.05 Å². The molecule has 2 aliphatic rings. The quantitative estimate of drug-likeness (QED) is 0.598. The monoisotopic (exact) mass is 360 g/mol. The lowest BCUT2D eigenvalue weighted by Crippen LogP contribution is -2.52. The normalized spacial score (nSPS) is 24.8. The topological polar surface area (TPSA) is 58.1 Å². The van der Waals surface area contributed by atoms with Gasteiger partial charge in [-0.05, 0) is 44.9 Å². The van der Waals surface area contributed by atoms with Crippen molar-refractivity contribution in [3.8, 4) is 5.75 Å². The molecule has 2 heterocycles. The SMILES string of the molecule is CN=C(NCC(C)Oc1ccccc1C)NCC1CN2CCCC2CO1. The number of nitrogens with zero attached hydrogens (tertiary/aromatic N) is 2. The number of hydrogen-bond acceptors (Lipinski definition) is 4. The molecule has 0 bridgehead atoms. The average molecular weight is 361 g/mol. The zero-order chi connectivity index (χ0) is 18.4. The Labute approximate surface area is 157 Å². The van der Waals surface area contributed by atoms with Crippen LogP contribution in [0.25, 0.3) is 0 Å². The van der Waals surface area contributed by atoms with Crippen molar-refractivity contribution in [3.63, 3.8) is 0 Å². The van der Waals surface area contributed by atoms with Gasteiger partial charge in [-0.1, -0.05) is 18.2 Å². The van der Waals surface area contributed by atoms with E-state index < -0.39 is 0 Å². The van der Waals surface area contributed by atoms with Crippen LogP contribution in [0, 0.1) is 6.92 Å².